The first-order chi connectivity index (χ1) is 10.1. The molecule has 1 atom stereocenters. The number of sulfonamides is 1. The van der Waals surface area contributed by atoms with Crippen LogP contribution in [-0.2, 0) is 19.6 Å². The summed E-state index contributed by atoms with van der Waals surface area (Å²) in [5, 5.41) is 10.9. The van der Waals surface area contributed by atoms with Gasteiger partial charge >= 0.3 is 11.7 Å². The zero-order chi connectivity index (χ0) is 17.1. The molecule has 0 bridgehead atoms. The van der Waals surface area contributed by atoms with Crippen molar-refractivity contribution < 1.29 is 27.3 Å². The number of nitrogens with one attached hydrogen (secondary N) is 1. The second-order valence-electron chi connectivity index (χ2n) is 4.71. The summed E-state index contributed by atoms with van der Waals surface area (Å²) in [6, 6.07) is 1.44. The highest BCUT2D eigenvalue weighted by atomic mass is 32.2. The molecule has 0 saturated carbocycles. The molecule has 22 heavy (non-hydrogen) atoms. The molecule has 1 aromatic rings. The van der Waals surface area contributed by atoms with Gasteiger partial charge in [-0.25, -0.2) is 8.42 Å². The minimum Gasteiger partial charge on any atom is -0.468 e. The van der Waals surface area contributed by atoms with Crippen molar-refractivity contribution in [2.75, 3.05) is 7.11 Å². The highest BCUT2D eigenvalue weighted by Gasteiger charge is 2.34. The molecule has 0 aromatic heterocycles. The van der Waals surface area contributed by atoms with Gasteiger partial charge in [0.2, 0.25) is 15.8 Å². The Morgan fingerprint density at radius 3 is 2.45 bits per heavy atom. The van der Waals surface area contributed by atoms with Gasteiger partial charge in [-0.3, -0.25) is 14.9 Å². The zero-order valence-electron chi connectivity index (χ0n) is 12.1. The molecule has 0 aliphatic heterocycles. The number of hydrogen-bond acceptors (Lipinski definition) is 6. The Morgan fingerprint density at radius 1 is 1.41 bits per heavy atom. The number of ether oxygens (including phenoxy) is 1. The van der Waals surface area contributed by atoms with Gasteiger partial charge in [0.05, 0.1) is 12.0 Å². The molecule has 0 aliphatic carbocycles. The summed E-state index contributed by atoms with van der Waals surface area (Å²) < 4.78 is 44.5. The number of esters is 1. The SMILES string of the molecule is COC(=O)[C@@H](NS(=O)(=O)c1cccc(F)c1[N+](=O)[O-])C(C)C. The van der Waals surface area contributed by atoms with E-state index in [1.54, 1.807) is 13.8 Å². The Morgan fingerprint density at radius 2 is 2.00 bits per heavy atom. The number of nitro groups is 1. The van der Waals surface area contributed by atoms with Gasteiger partial charge in [0.15, 0.2) is 4.90 Å². The van der Waals surface area contributed by atoms with Gasteiger partial charge in [-0.15, -0.1) is 0 Å². The second-order valence-corrected chi connectivity index (χ2v) is 6.39. The Kier molecular flexibility index (Phi) is 5.55. The number of nitro benzene ring substituents is 1. The third kappa shape index (κ3) is 3.77. The van der Waals surface area contributed by atoms with E-state index in [1.807, 2.05) is 4.72 Å². The molecule has 1 N–H and O–H groups in total. The summed E-state index contributed by atoms with van der Waals surface area (Å²) in [5.74, 6) is -2.61. The molecule has 0 saturated heterocycles. The van der Waals surface area contributed by atoms with Gasteiger partial charge in [-0.2, -0.15) is 9.11 Å². The first kappa shape index (κ1) is 18.0. The number of carbonyl (C=O) groups excluding carboxylic acids is 1. The first-order valence-electron chi connectivity index (χ1n) is 6.15. The first-order valence-corrected chi connectivity index (χ1v) is 7.63. The number of nitrogens with zero attached hydrogens (tertiary/aromatic N) is 1. The molecule has 0 spiro atoms. The monoisotopic (exact) mass is 334 g/mol. The number of benzene rings is 1. The third-order valence-electron chi connectivity index (χ3n) is 2.83. The summed E-state index contributed by atoms with van der Waals surface area (Å²) in [5.41, 5.74) is -1.18. The maximum Gasteiger partial charge on any atom is 0.324 e. The zero-order valence-corrected chi connectivity index (χ0v) is 12.9. The molecule has 122 valence electrons. The lowest BCUT2D eigenvalue weighted by molar-refractivity contribution is -0.390. The van der Waals surface area contributed by atoms with Crippen molar-refractivity contribution in [3.05, 3.63) is 34.1 Å². The standard InChI is InChI=1S/C12H15FN2O6S/c1-7(2)10(12(16)21-3)14-22(19,20)9-6-4-5-8(13)11(9)15(17)18/h4-7,10,14H,1-3H3/t10-/m0/s1. The number of para-hydroxylation sites is 1. The average Bonchev–Trinajstić information content (AvgIpc) is 2.43. The number of halogens is 1. The van der Waals surface area contributed by atoms with Crippen molar-refractivity contribution in [3.8, 4) is 0 Å². The van der Waals surface area contributed by atoms with Crippen LogP contribution < -0.4 is 4.72 Å². The lowest BCUT2D eigenvalue weighted by Crippen LogP contribution is -2.45. The maximum absolute atomic E-state index is 13.5. The van der Waals surface area contributed by atoms with Crippen LogP contribution in [-0.4, -0.2) is 32.5 Å². The summed E-state index contributed by atoms with van der Waals surface area (Å²) in [6.45, 7) is 3.12. The van der Waals surface area contributed by atoms with Crippen molar-refractivity contribution in [3.63, 3.8) is 0 Å². The molecule has 1 rings (SSSR count). The third-order valence-corrected chi connectivity index (χ3v) is 4.30. The molecule has 10 heteroatoms. The molecule has 1 aromatic carbocycles. The topological polar surface area (TPSA) is 116 Å². The van der Waals surface area contributed by atoms with Crippen molar-refractivity contribution >= 4 is 21.7 Å². The minimum absolute atomic E-state index is 0.477. The normalized spacial score (nSPS) is 13.0. The molecule has 0 amide bonds. The van der Waals surface area contributed by atoms with E-state index in [4.69, 9.17) is 0 Å². The van der Waals surface area contributed by atoms with E-state index in [2.05, 4.69) is 4.74 Å². The molecule has 0 radical (unpaired) electrons. The lowest BCUT2D eigenvalue weighted by Gasteiger charge is -2.19. The van der Waals surface area contributed by atoms with E-state index in [0.29, 0.717) is 0 Å². The molecular weight excluding hydrogens is 319 g/mol. The van der Waals surface area contributed by atoms with Crippen LogP contribution in [0.25, 0.3) is 0 Å². The number of rotatable bonds is 6. The summed E-state index contributed by atoms with van der Waals surface area (Å²) >= 11 is 0. The van der Waals surface area contributed by atoms with Gasteiger partial charge in [0, 0.05) is 0 Å². The Bertz CT molecular complexity index is 689. The van der Waals surface area contributed by atoms with Crippen LogP contribution in [0, 0.1) is 21.8 Å². The summed E-state index contributed by atoms with van der Waals surface area (Å²) in [7, 11) is -3.41. The van der Waals surface area contributed by atoms with Crippen LogP contribution in [0.15, 0.2) is 23.1 Å². The highest BCUT2D eigenvalue weighted by molar-refractivity contribution is 7.89. The largest absolute Gasteiger partial charge is 0.468 e. The van der Waals surface area contributed by atoms with Crippen molar-refractivity contribution in [1.82, 2.24) is 4.72 Å². The highest BCUT2D eigenvalue weighted by Crippen LogP contribution is 2.27. The van der Waals surface area contributed by atoms with E-state index in [9.17, 15) is 27.7 Å². The average molecular weight is 334 g/mol. The fourth-order valence-electron chi connectivity index (χ4n) is 1.70. The second kappa shape index (κ2) is 6.79. The predicted octanol–water partition coefficient (Wildman–Crippen LogP) is 1.21. The Labute approximate surface area is 126 Å². The molecule has 8 nitrogen and oxygen atoms in total. The van der Waals surface area contributed by atoms with E-state index in [0.717, 1.165) is 25.3 Å². The molecular formula is C12H15FN2O6S. The molecule has 0 unspecified atom stereocenters. The molecule has 0 heterocycles. The fourth-order valence-corrected chi connectivity index (χ4v) is 3.22. The van der Waals surface area contributed by atoms with E-state index >= 15 is 0 Å². The van der Waals surface area contributed by atoms with Crippen LogP contribution in [0.4, 0.5) is 10.1 Å². The Hall–Kier alpha value is -2.07. The smallest absolute Gasteiger partial charge is 0.324 e. The van der Waals surface area contributed by atoms with Crippen molar-refractivity contribution in [2.24, 2.45) is 5.92 Å². The van der Waals surface area contributed by atoms with Crippen LogP contribution in [0.1, 0.15) is 13.8 Å². The van der Waals surface area contributed by atoms with Crippen molar-refractivity contribution in [1.29, 1.82) is 0 Å². The van der Waals surface area contributed by atoms with Crippen LogP contribution in [0.3, 0.4) is 0 Å². The van der Waals surface area contributed by atoms with Gasteiger partial charge in [-0.1, -0.05) is 19.9 Å². The number of methoxy groups -OCH3 is 1. The van der Waals surface area contributed by atoms with E-state index in [1.165, 1.54) is 0 Å². The maximum atomic E-state index is 13.5. The number of carbonyl (C=O) groups is 1. The van der Waals surface area contributed by atoms with E-state index in [-0.39, 0.29) is 0 Å². The van der Waals surface area contributed by atoms with Gasteiger partial charge in [-0.05, 0) is 18.1 Å². The van der Waals surface area contributed by atoms with Crippen LogP contribution in [0.5, 0.6) is 0 Å². The van der Waals surface area contributed by atoms with E-state index < -0.39 is 49.3 Å². The quantitative estimate of drug-likeness (QED) is 0.475. The van der Waals surface area contributed by atoms with Crippen LogP contribution in [0.2, 0.25) is 0 Å². The Balaban J connectivity index is 3.34. The molecule has 0 aliphatic rings. The van der Waals surface area contributed by atoms with Crippen molar-refractivity contribution in [2.45, 2.75) is 24.8 Å². The minimum atomic E-state index is -4.49. The molecule has 0 fully saturated rings. The summed E-state index contributed by atoms with van der Waals surface area (Å²) in [4.78, 5) is 20.5. The fraction of sp³-hybridized carbons (Fsp3) is 0.417. The van der Waals surface area contributed by atoms with Crippen LogP contribution >= 0.6 is 0 Å². The van der Waals surface area contributed by atoms with Gasteiger partial charge in [0.25, 0.3) is 0 Å². The lowest BCUT2D eigenvalue weighted by atomic mass is 10.1. The number of hydrogen-bond donors (Lipinski definition) is 1. The summed E-state index contributed by atoms with van der Waals surface area (Å²) in [6.07, 6.45) is 0. The van der Waals surface area contributed by atoms with Gasteiger partial charge < -0.3 is 4.74 Å². The predicted molar refractivity (Wildman–Crippen MR) is 74.0 cm³/mol. The van der Waals surface area contributed by atoms with Gasteiger partial charge in [0.1, 0.15) is 6.04 Å².